The van der Waals surface area contributed by atoms with Crippen molar-refractivity contribution in [2.45, 2.75) is 13.5 Å². The minimum Gasteiger partial charge on any atom is -0.342 e. The van der Waals surface area contributed by atoms with Crippen molar-refractivity contribution in [2.24, 2.45) is 5.73 Å². The van der Waals surface area contributed by atoms with Crippen molar-refractivity contribution in [3.8, 4) is 0 Å². The summed E-state index contributed by atoms with van der Waals surface area (Å²) < 4.78 is 4.61. The Morgan fingerprint density at radius 1 is 1.75 bits per heavy atom. The molecule has 0 aromatic carbocycles. The molecule has 0 aliphatic carbocycles. The van der Waals surface area contributed by atoms with E-state index in [1.165, 1.54) is 0 Å². The smallest absolute Gasteiger partial charge is 0.158 e. The lowest BCUT2D eigenvalue weighted by atomic mass is 10.4. The molecule has 0 amide bonds. The fraction of sp³-hybridized carbons (Fsp3) is 0.500. The number of nitrogens with zero attached hydrogens (tertiary/aromatic N) is 2. The SMILES string of the molecule is Cc1onnc1CN. The summed E-state index contributed by atoms with van der Waals surface area (Å²) in [4.78, 5) is 0. The van der Waals surface area contributed by atoms with E-state index in [-0.39, 0.29) is 0 Å². The standard InChI is InChI=1S/C4H7N3O/c1-3-4(2-5)6-7-8-3/h2,5H2,1H3. The van der Waals surface area contributed by atoms with E-state index in [2.05, 4.69) is 14.9 Å². The summed E-state index contributed by atoms with van der Waals surface area (Å²) in [6.07, 6.45) is 0. The molecule has 0 fully saturated rings. The van der Waals surface area contributed by atoms with Crippen molar-refractivity contribution in [3.05, 3.63) is 11.5 Å². The molecule has 8 heavy (non-hydrogen) atoms. The maximum absolute atomic E-state index is 5.23. The van der Waals surface area contributed by atoms with Crippen LogP contribution < -0.4 is 5.73 Å². The minimum atomic E-state index is 0.398. The molecule has 4 nitrogen and oxygen atoms in total. The van der Waals surface area contributed by atoms with Crippen LogP contribution in [0.3, 0.4) is 0 Å². The average molecular weight is 113 g/mol. The normalized spacial score (nSPS) is 9.75. The molecule has 44 valence electrons. The van der Waals surface area contributed by atoms with Crippen LogP contribution in [0.15, 0.2) is 4.52 Å². The topological polar surface area (TPSA) is 64.9 Å². The highest BCUT2D eigenvalue weighted by molar-refractivity contribution is 5.00. The Bertz CT molecular complexity index is 172. The quantitative estimate of drug-likeness (QED) is 0.549. The first kappa shape index (κ1) is 5.24. The van der Waals surface area contributed by atoms with Gasteiger partial charge in [-0.3, -0.25) is 0 Å². The van der Waals surface area contributed by atoms with Gasteiger partial charge in [-0.25, -0.2) is 0 Å². The monoisotopic (exact) mass is 113 g/mol. The molecule has 1 heterocycles. The van der Waals surface area contributed by atoms with E-state index in [4.69, 9.17) is 5.73 Å². The van der Waals surface area contributed by atoms with E-state index in [1.54, 1.807) is 6.92 Å². The Hall–Kier alpha value is -0.900. The summed E-state index contributed by atoms with van der Waals surface area (Å²) >= 11 is 0. The number of aryl methyl sites for hydroxylation is 1. The maximum atomic E-state index is 5.23. The fourth-order valence-corrected chi connectivity index (χ4v) is 0.439. The highest BCUT2D eigenvalue weighted by atomic mass is 16.5. The number of nitrogens with two attached hydrogens (primary N) is 1. The van der Waals surface area contributed by atoms with Crippen LogP contribution in [0.25, 0.3) is 0 Å². The van der Waals surface area contributed by atoms with E-state index < -0.39 is 0 Å². The molecule has 0 saturated heterocycles. The highest BCUT2D eigenvalue weighted by Crippen LogP contribution is 1.98. The van der Waals surface area contributed by atoms with Crippen LogP contribution in [0.1, 0.15) is 11.5 Å². The van der Waals surface area contributed by atoms with Gasteiger partial charge in [0.15, 0.2) is 5.76 Å². The third-order valence-corrected chi connectivity index (χ3v) is 0.939. The van der Waals surface area contributed by atoms with Crippen molar-refractivity contribution in [1.82, 2.24) is 10.4 Å². The van der Waals surface area contributed by atoms with Gasteiger partial charge in [-0.05, 0) is 6.92 Å². The predicted octanol–water partition coefficient (Wildman–Crippen LogP) is -0.163. The van der Waals surface area contributed by atoms with Gasteiger partial charge in [-0.2, -0.15) is 0 Å². The zero-order valence-corrected chi connectivity index (χ0v) is 4.59. The Balaban J connectivity index is 2.92. The summed E-state index contributed by atoms with van der Waals surface area (Å²) in [5.74, 6) is 0.701. The second-order valence-corrected chi connectivity index (χ2v) is 1.48. The molecule has 0 radical (unpaired) electrons. The number of hydrogen-bond donors (Lipinski definition) is 1. The van der Waals surface area contributed by atoms with Gasteiger partial charge in [0.2, 0.25) is 0 Å². The van der Waals surface area contributed by atoms with E-state index in [0.717, 1.165) is 5.69 Å². The van der Waals surface area contributed by atoms with E-state index in [9.17, 15) is 0 Å². The van der Waals surface area contributed by atoms with E-state index in [1.807, 2.05) is 0 Å². The van der Waals surface area contributed by atoms with Crippen molar-refractivity contribution in [3.63, 3.8) is 0 Å². The third-order valence-electron chi connectivity index (χ3n) is 0.939. The van der Waals surface area contributed by atoms with Crippen LogP contribution in [0.4, 0.5) is 0 Å². The molecule has 0 saturated carbocycles. The van der Waals surface area contributed by atoms with Crippen molar-refractivity contribution < 1.29 is 4.52 Å². The Labute approximate surface area is 46.7 Å². The van der Waals surface area contributed by atoms with Gasteiger partial charge in [-0.1, -0.05) is 0 Å². The van der Waals surface area contributed by atoms with Crippen LogP contribution in [0.2, 0.25) is 0 Å². The molecule has 0 bridgehead atoms. The van der Waals surface area contributed by atoms with Gasteiger partial charge in [0, 0.05) is 11.8 Å². The molecule has 0 spiro atoms. The Morgan fingerprint density at radius 3 is 2.75 bits per heavy atom. The average Bonchev–Trinajstić information content (AvgIpc) is 2.14. The summed E-state index contributed by atoms with van der Waals surface area (Å²) in [6, 6.07) is 0. The second kappa shape index (κ2) is 1.92. The van der Waals surface area contributed by atoms with Crippen LogP contribution in [0.5, 0.6) is 0 Å². The number of rotatable bonds is 1. The predicted molar refractivity (Wildman–Crippen MR) is 26.9 cm³/mol. The van der Waals surface area contributed by atoms with E-state index >= 15 is 0 Å². The summed E-state index contributed by atoms with van der Waals surface area (Å²) in [7, 11) is 0. The summed E-state index contributed by atoms with van der Waals surface area (Å²) in [5, 5.41) is 6.88. The largest absolute Gasteiger partial charge is 0.342 e. The maximum Gasteiger partial charge on any atom is 0.158 e. The van der Waals surface area contributed by atoms with Crippen LogP contribution in [0, 0.1) is 6.92 Å². The van der Waals surface area contributed by atoms with Gasteiger partial charge < -0.3 is 10.3 Å². The lowest BCUT2D eigenvalue weighted by Gasteiger charge is -1.81. The van der Waals surface area contributed by atoms with Gasteiger partial charge in [0.1, 0.15) is 5.69 Å². The van der Waals surface area contributed by atoms with Crippen molar-refractivity contribution in [1.29, 1.82) is 0 Å². The first-order valence-electron chi connectivity index (χ1n) is 2.32. The molecule has 2 N–H and O–H groups in total. The van der Waals surface area contributed by atoms with Crippen LogP contribution >= 0.6 is 0 Å². The first-order valence-corrected chi connectivity index (χ1v) is 2.32. The highest BCUT2D eigenvalue weighted by Gasteiger charge is 1.99. The molecule has 0 unspecified atom stereocenters. The molecule has 1 rings (SSSR count). The van der Waals surface area contributed by atoms with Crippen LogP contribution in [-0.4, -0.2) is 10.4 Å². The van der Waals surface area contributed by atoms with Crippen LogP contribution in [-0.2, 0) is 6.54 Å². The molecular weight excluding hydrogens is 106 g/mol. The molecule has 1 aromatic rings. The number of aromatic nitrogens is 2. The van der Waals surface area contributed by atoms with Crippen molar-refractivity contribution in [2.75, 3.05) is 0 Å². The molecule has 0 aliphatic rings. The lowest BCUT2D eigenvalue weighted by Crippen LogP contribution is -1.97. The lowest BCUT2D eigenvalue weighted by molar-refractivity contribution is 0.373. The molecule has 0 aliphatic heterocycles. The van der Waals surface area contributed by atoms with Gasteiger partial charge in [-0.15, -0.1) is 5.10 Å². The fourth-order valence-electron chi connectivity index (χ4n) is 0.439. The molecular formula is C4H7N3O. The summed E-state index contributed by atoms with van der Waals surface area (Å²) in [5.41, 5.74) is 5.96. The molecule has 0 atom stereocenters. The van der Waals surface area contributed by atoms with Gasteiger partial charge in [0.05, 0.1) is 0 Å². The molecule has 4 heteroatoms. The van der Waals surface area contributed by atoms with E-state index in [0.29, 0.717) is 12.3 Å². The Morgan fingerprint density at radius 2 is 2.50 bits per heavy atom. The van der Waals surface area contributed by atoms with Gasteiger partial charge in [0.25, 0.3) is 0 Å². The molecule has 1 aromatic heterocycles. The Kier molecular flexibility index (Phi) is 1.26. The first-order chi connectivity index (χ1) is 3.84. The zero-order chi connectivity index (χ0) is 5.98. The third kappa shape index (κ3) is 0.696. The summed E-state index contributed by atoms with van der Waals surface area (Å²) in [6.45, 7) is 2.18. The zero-order valence-electron chi connectivity index (χ0n) is 4.59. The number of hydrogen-bond acceptors (Lipinski definition) is 4. The van der Waals surface area contributed by atoms with Gasteiger partial charge >= 0.3 is 0 Å². The van der Waals surface area contributed by atoms with Crippen molar-refractivity contribution >= 4 is 0 Å². The second-order valence-electron chi connectivity index (χ2n) is 1.48. The minimum absolute atomic E-state index is 0.398.